The summed E-state index contributed by atoms with van der Waals surface area (Å²) in [6, 6.07) is 3.79. The molecule has 0 aromatic heterocycles. The number of halogens is 1. The van der Waals surface area contributed by atoms with Gasteiger partial charge in [-0.25, -0.2) is 0 Å². The Hall–Kier alpha value is -1.68. The summed E-state index contributed by atoms with van der Waals surface area (Å²) in [4.78, 5) is 11.8. The molecular formula is C16H20ClNO3. The summed E-state index contributed by atoms with van der Waals surface area (Å²) in [7, 11) is 0. The van der Waals surface area contributed by atoms with E-state index in [2.05, 4.69) is 19.2 Å². The van der Waals surface area contributed by atoms with Gasteiger partial charge >= 0.3 is 0 Å². The summed E-state index contributed by atoms with van der Waals surface area (Å²) in [5.74, 6) is 1.09. The number of ether oxygens (including phenoxy) is 2. The Balaban J connectivity index is 2.07. The number of rotatable bonds is 5. The zero-order chi connectivity index (χ0) is 15.2. The lowest BCUT2D eigenvalue weighted by molar-refractivity contribution is -0.117. The fourth-order valence-corrected chi connectivity index (χ4v) is 2.41. The van der Waals surface area contributed by atoms with Gasteiger partial charge in [-0.1, -0.05) is 25.4 Å². The minimum atomic E-state index is -0.102. The number of carbonyl (C=O) groups excluding carboxylic acids is 1. The summed E-state index contributed by atoms with van der Waals surface area (Å²) in [5.41, 5.74) is 0.809. The maximum atomic E-state index is 11.8. The zero-order valence-electron chi connectivity index (χ0n) is 12.3. The number of carbonyl (C=O) groups is 1. The average molecular weight is 310 g/mol. The summed E-state index contributed by atoms with van der Waals surface area (Å²) in [6.45, 7) is 5.11. The molecule has 1 aromatic rings. The molecule has 1 N–H and O–H groups in total. The Morgan fingerprint density at radius 3 is 2.76 bits per heavy atom. The van der Waals surface area contributed by atoms with E-state index in [4.69, 9.17) is 21.1 Å². The van der Waals surface area contributed by atoms with Crippen molar-refractivity contribution in [3.63, 3.8) is 0 Å². The highest BCUT2D eigenvalue weighted by Gasteiger charge is 2.16. The molecule has 2 rings (SSSR count). The summed E-state index contributed by atoms with van der Waals surface area (Å²) >= 11 is 6.15. The van der Waals surface area contributed by atoms with Gasteiger partial charge < -0.3 is 14.8 Å². The van der Waals surface area contributed by atoms with Crippen LogP contribution in [0.25, 0.3) is 6.08 Å². The van der Waals surface area contributed by atoms with E-state index in [1.807, 2.05) is 6.07 Å². The van der Waals surface area contributed by atoms with Gasteiger partial charge in [0, 0.05) is 12.1 Å². The van der Waals surface area contributed by atoms with Crippen LogP contribution in [0.5, 0.6) is 11.5 Å². The molecule has 0 saturated carbocycles. The maximum Gasteiger partial charge on any atom is 0.244 e. The van der Waals surface area contributed by atoms with E-state index in [1.54, 1.807) is 12.1 Å². The lowest BCUT2D eigenvalue weighted by atomic mass is 10.1. The second kappa shape index (κ2) is 7.36. The second-order valence-corrected chi connectivity index (χ2v) is 5.29. The van der Waals surface area contributed by atoms with Crippen molar-refractivity contribution in [2.24, 2.45) is 0 Å². The summed E-state index contributed by atoms with van der Waals surface area (Å²) in [5, 5.41) is 3.44. The first-order valence-electron chi connectivity index (χ1n) is 7.21. The van der Waals surface area contributed by atoms with Gasteiger partial charge in [0.1, 0.15) is 13.2 Å². The molecule has 0 atom stereocenters. The molecule has 0 saturated heterocycles. The van der Waals surface area contributed by atoms with Crippen LogP contribution in [0.2, 0.25) is 5.02 Å². The number of benzene rings is 1. The number of nitrogens with one attached hydrogen (secondary N) is 1. The van der Waals surface area contributed by atoms with Crippen LogP contribution in [0.1, 0.15) is 32.3 Å². The molecule has 5 heteroatoms. The predicted molar refractivity (Wildman–Crippen MR) is 84.0 cm³/mol. The van der Waals surface area contributed by atoms with Crippen molar-refractivity contribution in [1.82, 2.24) is 5.32 Å². The van der Waals surface area contributed by atoms with Crippen molar-refractivity contribution in [1.29, 1.82) is 0 Å². The molecule has 1 heterocycles. The maximum absolute atomic E-state index is 11.8. The largest absolute Gasteiger partial charge is 0.486 e. The summed E-state index contributed by atoms with van der Waals surface area (Å²) < 4.78 is 11.0. The van der Waals surface area contributed by atoms with E-state index < -0.39 is 0 Å². The monoisotopic (exact) mass is 309 g/mol. The number of amides is 1. The van der Waals surface area contributed by atoms with Crippen LogP contribution in [-0.2, 0) is 4.79 Å². The standard InChI is InChI=1S/C16H20ClNO3/c1-3-12(4-2)18-15(19)6-5-11-9-13(17)16-14(10-11)20-7-8-21-16/h5-6,9-10,12H,3-4,7-8H2,1-2H3,(H,18,19)/b6-5+. The molecule has 114 valence electrons. The minimum Gasteiger partial charge on any atom is -0.486 e. The van der Waals surface area contributed by atoms with Gasteiger partial charge in [-0.15, -0.1) is 0 Å². The van der Waals surface area contributed by atoms with Crippen molar-refractivity contribution >= 4 is 23.6 Å². The molecule has 0 spiro atoms. The molecular weight excluding hydrogens is 290 g/mol. The third kappa shape index (κ3) is 4.14. The quantitative estimate of drug-likeness (QED) is 0.848. The Labute approximate surface area is 130 Å². The Bertz CT molecular complexity index is 539. The van der Waals surface area contributed by atoms with Gasteiger partial charge in [0.25, 0.3) is 0 Å². The van der Waals surface area contributed by atoms with Crippen molar-refractivity contribution in [3.8, 4) is 11.5 Å². The Morgan fingerprint density at radius 2 is 2.05 bits per heavy atom. The Morgan fingerprint density at radius 1 is 1.33 bits per heavy atom. The number of hydrogen-bond donors (Lipinski definition) is 1. The van der Waals surface area contributed by atoms with Crippen LogP contribution in [0, 0.1) is 0 Å². The number of fused-ring (bicyclic) bond motifs is 1. The first-order valence-corrected chi connectivity index (χ1v) is 7.59. The lowest BCUT2D eigenvalue weighted by Gasteiger charge is -2.19. The van der Waals surface area contributed by atoms with Crippen molar-refractivity contribution in [2.45, 2.75) is 32.7 Å². The molecule has 0 radical (unpaired) electrons. The van der Waals surface area contributed by atoms with Crippen LogP contribution < -0.4 is 14.8 Å². The van der Waals surface area contributed by atoms with E-state index in [-0.39, 0.29) is 11.9 Å². The number of hydrogen-bond acceptors (Lipinski definition) is 3. The van der Waals surface area contributed by atoms with E-state index in [0.717, 1.165) is 18.4 Å². The fraction of sp³-hybridized carbons (Fsp3) is 0.438. The molecule has 1 amide bonds. The first-order chi connectivity index (χ1) is 10.1. The molecule has 1 aliphatic rings. The highest BCUT2D eigenvalue weighted by molar-refractivity contribution is 6.32. The average Bonchev–Trinajstić information content (AvgIpc) is 2.50. The molecule has 1 aliphatic heterocycles. The van der Waals surface area contributed by atoms with Crippen molar-refractivity contribution in [3.05, 3.63) is 28.8 Å². The summed E-state index contributed by atoms with van der Waals surface area (Å²) in [6.07, 6.45) is 5.08. The van der Waals surface area contributed by atoms with E-state index in [0.29, 0.717) is 29.7 Å². The van der Waals surface area contributed by atoms with Crippen LogP contribution in [-0.4, -0.2) is 25.2 Å². The molecule has 1 aromatic carbocycles. The Kier molecular flexibility index (Phi) is 5.51. The molecule has 0 bridgehead atoms. The van der Waals surface area contributed by atoms with Gasteiger partial charge in [0.2, 0.25) is 5.91 Å². The molecule has 21 heavy (non-hydrogen) atoms. The topological polar surface area (TPSA) is 47.6 Å². The molecule has 0 unspecified atom stereocenters. The lowest BCUT2D eigenvalue weighted by Crippen LogP contribution is -2.32. The smallest absolute Gasteiger partial charge is 0.244 e. The van der Waals surface area contributed by atoms with Gasteiger partial charge in [-0.2, -0.15) is 0 Å². The van der Waals surface area contributed by atoms with Gasteiger partial charge in [0.05, 0.1) is 5.02 Å². The normalized spacial score (nSPS) is 13.7. The zero-order valence-corrected chi connectivity index (χ0v) is 13.1. The SMILES string of the molecule is CCC(CC)NC(=O)/C=C/c1cc(Cl)c2c(c1)OCCO2. The highest BCUT2D eigenvalue weighted by atomic mass is 35.5. The predicted octanol–water partition coefficient (Wildman–Crippen LogP) is 3.43. The van der Waals surface area contributed by atoms with Gasteiger partial charge in [0.15, 0.2) is 11.5 Å². The minimum absolute atomic E-state index is 0.102. The van der Waals surface area contributed by atoms with E-state index >= 15 is 0 Å². The third-order valence-electron chi connectivity index (χ3n) is 3.38. The fourth-order valence-electron chi connectivity index (χ4n) is 2.14. The van der Waals surface area contributed by atoms with Crippen LogP contribution in [0.4, 0.5) is 0 Å². The van der Waals surface area contributed by atoms with Crippen LogP contribution in [0.15, 0.2) is 18.2 Å². The molecule has 0 aliphatic carbocycles. The van der Waals surface area contributed by atoms with E-state index in [1.165, 1.54) is 6.08 Å². The molecule has 4 nitrogen and oxygen atoms in total. The van der Waals surface area contributed by atoms with Gasteiger partial charge in [-0.3, -0.25) is 4.79 Å². The third-order valence-corrected chi connectivity index (χ3v) is 3.66. The van der Waals surface area contributed by atoms with Crippen LogP contribution in [0.3, 0.4) is 0 Å². The van der Waals surface area contributed by atoms with Crippen molar-refractivity contribution in [2.75, 3.05) is 13.2 Å². The van der Waals surface area contributed by atoms with E-state index in [9.17, 15) is 4.79 Å². The first kappa shape index (κ1) is 15.7. The van der Waals surface area contributed by atoms with Crippen LogP contribution >= 0.6 is 11.6 Å². The van der Waals surface area contributed by atoms with Gasteiger partial charge in [-0.05, 0) is 36.6 Å². The second-order valence-electron chi connectivity index (χ2n) is 4.88. The van der Waals surface area contributed by atoms with Crippen molar-refractivity contribution < 1.29 is 14.3 Å². The molecule has 0 fully saturated rings. The highest BCUT2D eigenvalue weighted by Crippen LogP contribution is 2.38.